The van der Waals surface area contributed by atoms with E-state index in [0.29, 0.717) is 11.3 Å². The molecule has 1 fully saturated rings. The number of piperidine rings is 1. The van der Waals surface area contributed by atoms with Crippen molar-refractivity contribution in [2.24, 2.45) is 5.73 Å². The SMILES string of the molecule is NC1CCN(c2ccnc(Cl)n2)CC1.O=C(O)C(F)(F)F. The first-order valence-electron chi connectivity index (χ1n) is 5.99. The Hall–Kier alpha value is -1.61. The normalized spacial score (nSPS) is 16.1. The van der Waals surface area contributed by atoms with Crippen molar-refractivity contribution in [3.8, 4) is 0 Å². The molecule has 0 atom stereocenters. The van der Waals surface area contributed by atoms with E-state index in [-0.39, 0.29) is 0 Å². The smallest absolute Gasteiger partial charge is 0.475 e. The van der Waals surface area contributed by atoms with Crippen LogP contribution in [0.25, 0.3) is 0 Å². The molecule has 21 heavy (non-hydrogen) atoms. The van der Waals surface area contributed by atoms with Crippen LogP contribution in [0.5, 0.6) is 0 Å². The highest BCUT2D eigenvalue weighted by Crippen LogP contribution is 2.17. The molecule has 2 heterocycles. The quantitative estimate of drug-likeness (QED) is 0.763. The lowest BCUT2D eigenvalue weighted by atomic mass is 10.1. The number of nitrogens with zero attached hydrogens (tertiary/aromatic N) is 3. The van der Waals surface area contributed by atoms with Gasteiger partial charge in [-0.1, -0.05) is 0 Å². The number of anilines is 1. The van der Waals surface area contributed by atoms with Crippen molar-refractivity contribution >= 4 is 23.4 Å². The van der Waals surface area contributed by atoms with E-state index in [2.05, 4.69) is 14.9 Å². The van der Waals surface area contributed by atoms with E-state index in [9.17, 15) is 13.2 Å². The summed E-state index contributed by atoms with van der Waals surface area (Å²) in [5, 5.41) is 7.43. The molecule has 0 unspecified atom stereocenters. The van der Waals surface area contributed by atoms with Crippen LogP contribution in [0.3, 0.4) is 0 Å². The topological polar surface area (TPSA) is 92.3 Å². The maximum atomic E-state index is 10.6. The van der Waals surface area contributed by atoms with E-state index in [1.807, 2.05) is 6.07 Å². The number of carbonyl (C=O) groups is 1. The van der Waals surface area contributed by atoms with Gasteiger partial charge < -0.3 is 15.7 Å². The van der Waals surface area contributed by atoms with Crippen molar-refractivity contribution in [2.45, 2.75) is 25.1 Å². The third-order valence-corrected chi connectivity index (χ3v) is 2.90. The molecule has 0 radical (unpaired) electrons. The molecule has 6 nitrogen and oxygen atoms in total. The molecule has 0 amide bonds. The standard InChI is InChI=1S/C9H13ClN4.C2HF3O2/c10-9-12-4-1-8(13-9)14-5-2-7(11)3-6-14;3-2(4,5)1(6)7/h1,4,7H,2-3,5-6,11H2;(H,6,7). The lowest BCUT2D eigenvalue weighted by Gasteiger charge is -2.30. The van der Waals surface area contributed by atoms with Crippen molar-refractivity contribution in [3.05, 3.63) is 17.5 Å². The van der Waals surface area contributed by atoms with Crippen LogP contribution in [-0.2, 0) is 4.79 Å². The largest absolute Gasteiger partial charge is 0.490 e. The Bertz CT molecular complexity index is 479. The number of carboxylic acid groups (broad SMARTS) is 1. The van der Waals surface area contributed by atoms with Gasteiger partial charge in [0.05, 0.1) is 0 Å². The summed E-state index contributed by atoms with van der Waals surface area (Å²) in [6, 6.07) is 2.21. The molecular formula is C11H14ClF3N4O2. The van der Waals surface area contributed by atoms with Crippen LogP contribution in [0.15, 0.2) is 12.3 Å². The Labute approximate surface area is 123 Å². The highest BCUT2D eigenvalue weighted by molar-refractivity contribution is 6.28. The average Bonchev–Trinajstić information content (AvgIpc) is 2.39. The Morgan fingerprint density at radius 2 is 1.95 bits per heavy atom. The van der Waals surface area contributed by atoms with Crippen molar-refractivity contribution in [1.29, 1.82) is 0 Å². The van der Waals surface area contributed by atoms with Gasteiger partial charge in [0.25, 0.3) is 0 Å². The van der Waals surface area contributed by atoms with E-state index in [1.54, 1.807) is 6.20 Å². The maximum Gasteiger partial charge on any atom is 0.490 e. The van der Waals surface area contributed by atoms with Crippen molar-refractivity contribution in [2.75, 3.05) is 18.0 Å². The molecule has 118 valence electrons. The molecule has 0 saturated carbocycles. The number of carboxylic acids is 1. The minimum atomic E-state index is -5.08. The molecule has 2 rings (SSSR count). The van der Waals surface area contributed by atoms with Gasteiger partial charge in [-0.05, 0) is 30.5 Å². The molecule has 0 aromatic carbocycles. The highest BCUT2D eigenvalue weighted by atomic mass is 35.5. The predicted molar refractivity (Wildman–Crippen MR) is 70.2 cm³/mol. The van der Waals surface area contributed by atoms with Gasteiger partial charge >= 0.3 is 12.1 Å². The lowest BCUT2D eigenvalue weighted by molar-refractivity contribution is -0.192. The minimum Gasteiger partial charge on any atom is -0.475 e. The monoisotopic (exact) mass is 326 g/mol. The first-order valence-corrected chi connectivity index (χ1v) is 6.37. The summed E-state index contributed by atoms with van der Waals surface area (Å²) >= 11 is 5.72. The molecule has 3 N–H and O–H groups in total. The predicted octanol–water partition coefficient (Wildman–Crippen LogP) is 1.69. The number of halogens is 4. The van der Waals surface area contributed by atoms with Crippen LogP contribution in [0.4, 0.5) is 19.0 Å². The Morgan fingerprint density at radius 1 is 1.43 bits per heavy atom. The summed E-state index contributed by atoms with van der Waals surface area (Å²) in [7, 11) is 0. The van der Waals surface area contributed by atoms with Gasteiger partial charge in [0, 0.05) is 25.3 Å². The number of rotatable bonds is 1. The number of hydrogen-bond acceptors (Lipinski definition) is 5. The van der Waals surface area contributed by atoms with Crippen LogP contribution in [-0.4, -0.2) is 46.4 Å². The van der Waals surface area contributed by atoms with Crippen LogP contribution < -0.4 is 10.6 Å². The van der Waals surface area contributed by atoms with Gasteiger partial charge in [-0.25, -0.2) is 14.8 Å². The third kappa shape index (κ3) is 6.13. The second kappa shape index (κ2) is 7.41. The van der Waals surface area contributed by atoms with Gasteiger partial charge in [-0.3, -0.25) is 0 Å². The van der Waals surface area contributed by atoms with Crippen LogP contribution in [0, 0.1) is 0 Å². The van der Waals surface area contributed by atoms with Crippen molar-refractivity contribution < 1.29 is 23.1 Å². The van der Waals surface area contributed by atoms with E-state index in [0.717, 1.165) is 31.7 Å². The van der Waals surface area contributed by atoms with Gasteiger partial charge in [-0.2, -0.15) is 13.2 Å². The van der Waals surface area contributed by atoms with Crippen LogP contribution >= 0.6 is 11.6 Å². The minimum absolute atomic E-state index is 0.303. The summed E-state index contributed by atoms with van der Waals surface area (Å²) in [6.07, 6.45) is -1.37. The summed E-state index contributed by atoms with van der Waals surface area (Å²) in [5.74, 6) is -1.86. The number of aliphatic carboxylic acids is 1. The molecule has 1 aromatic heterocycles. The van der Waals surface area contributed by atoms with Gasteiger partial charge in [0.2, 0.25) is 5.28 Å². The first kappa shape index (κ1) is 17.4. The molecule has 1 aromatic rings. The number of alkyl halides is 3. The summed E-state index contributed by atoms with van der Waals surface area (Å²) < 4.78 is 31.7. The van der Waals surface area contributed by atoms with Gasteiger partial charge in [0.15, 0.2) is 0 Å². The zero-order valence-electron chi connectivity index (χ0n) is 10.8. The third-order valence-electron chi connectivity index (χ3n) is 2.72. The fourth-order valence-electron chi connectivity index (χ4n) is 1.63. The second-order valence-corrected chi connectivity index (χ2v) is 4.65. The van der Waals surface area contributed by atoms with Crippen LogP contribution in [0.2, 0.25) is 5.28 Å². The van der Waals surface area contributed by atoms with Crippen LogP contribution in [0.1, 0.15) is 12.8 Å². The zero-order valence-corrected chi connectivity index (χ0v) is 11.6. The summed E-state index contributed by atoms with van der Waals surface area (Å²) in [4.78, 5) is 19.1. The number of hydrogen-bond donors (Lipinski definition) is 2. The molecular weight excluding hydrogens is 313 g/mol. The molecule has 0 bridgehead atoms. The lowest BCUT2D eigenvalue weighted by Crippen LogP contribution is -2.40. The fraction of sp³-hybridized carbons (Fsp3) is 0.545. The second-order valence-electron chi connectivity index (χ2n) is 4.31. The van der Waals surface area contributed by atoms with Gasteiger partial charge in [-0.15, -0.1) is 0 Å². The Balaban J connectivity index is 0.000000270. The first-order chi connectivity index (χ1) is 9.70. The number of aromatic nitrogens is 2. The van der Waals surface area contributed by atoms with E-state index >= 15 is 0 Å². The average molecular weight is 327 g/mol. The highest BCUT2D eigenvalue weighted by Gasteiger charge is 2.38. The zero-order chi connectivity index (χ0) is 16.0. The summed E-state index contributed by atoms with van der Waals surface area (Å²) in [6.45, 7) is 1.91. The maximum absolute atomic E-state index is 10.6. The fourth-order valence-corrected chi connectivity index (χ4v) is 1.77. The van der Waals surface area contributed by atoms with E-state index in [4.69, 9.17) is 27.2 Å². The Morgan fingerprint density at radius 3 is 2.38 bits per heavy atom. The summed E-state index contributed by atoms with van der Waals surface area (Å²) in [5.41, 5.74) is 5.82. The molecule has 1 aliphatic heterocycles. The van der Waals surface area contributed by atoms with Gasteiger partial charge in [0.1, 0.15) is 5.82 Å². The molecule has 0 spiro atoms. The van der Waals surface area contributed by atoms with Crippen molar-refractivity contribution in [3.63, 3.8) is 0 Å². The van der Waals surface area contributed by atoms with E-state index < -0.39 is 12.1 Å². The number of nitrogens with two attached hydrogens (primary N) is 1. The molecule has 0 aliphatic carbocycles. The molecule has 10 heteroatoms. The van der Waals surface area contributed by atoms with E-state index in [1.165, 1.54) is 0 Å². The van der Waals surface area contributed by atoms with Crippen molar-refractivity contribution in [1.82, 2.24) is 9.97 Å². The Kier molecular flexibility index (Phi) is 6.16. The molecule has 1 aliphatic rings. The molecule has 1 saturated heterocycles.